The maximum Gasteiger partial charge on any atom is 0.245 e. The number of carbonyl (C=O) groups excluding carboxylic acids is 1. The third-order valence-corrected chi connectivity index (χ3v) is 5.15. The Morgan fingerprint density at radius 2 is 2.14 bits per heavy atom. The summed E-state index contributed by atoms with van der Waals surface area (Å²) in [5, 5.41) is 11.1. The van der Waals surface area contributed by atoms with Gasteiger partial charge in [-0.1, -0.05) is 23.7 Å². The minimum Gasteiger partial charge on any atom is -0.504 e. The summed E-state index contributed by atoms with van der Waals surface area (Å²) < 4.78 is 7.53. The van der Waals surface area contributed by atoms with Crippen LogP contribution in [0.3, 0.4) is 0 Å². The van der Waals surface area contributed by atoms with Gasteiger partial charge in [0.2, 0.25) is 5.91 Å². The zero-order valence-corrected chi connectivity index (χ0v) is 16.1. The van der Waals surface area contributed by atoms with E-state index in [4.69, 9.17) is 16.3 Å². The SMILES string of the molecule is CC(C(=O)N1CCOc2c(O)cc(-c3cccc(Cl)c3)cc2C1)n1ccnc1. The maximum absolute atomic E-state index is 13.0. The fourth-order valence-corrected chi connectivity index (χ4v) is 3.60. The van der Waals surface area contributed by atoms with E-state index in [0.717, 1.165) is 16.7 Å². The monoisotopic (exact) mass is 397 g/mol. The Labute approximate surface area is 168 Å². The molecule has 2 heterocycles. The van der Waals surface area contributed by atoms with E-state index in [2.05, 4.69) is 4.98 Å². The quantitative estimate of drug-likeness (QED) is 0.728. The molecule has 1 aromatic heterocycles. The van der Waals surface area contributed by atoms with Crippen LogP contribution in [-0.2, 0) is 11.3 Å². The van der Waals surface area contributed by atoms with Crippen molar-refractivity contribution in [2.75, 3.05) is 13.2 Å². The van der Waals surface area contributed by atoms with Crippen LogP contribution in [0, 0.1) is 0 Å². The van der Waals surface area contributed by atoms with Gasteiger partial charge in [0.15, 0.2) is 11.5 Å². The third-order valence-electron chi connectivity index (χ3n) is 4.91. The first-order valence-corrected chi connectivity index (χ1v) is 9.41. The Balaban J connectivity index is 1.66. The average Bonchev–Trinajstić information content (AvgIpc) is 3.13. The molecule has 1 unspecified atom stereocenters. The molecule has 2 aromatic carbocycles. The Morgan fingerprint density at radius 3 is 2.89 bits per heavy atom. The van der Waals surface area contributed by atoms with Gasteiger partial charge in [0.25, 0.3) is 0 Å². The lowest BCUT2D eigenvalue weighted by molar-refractivity contribution is -0.135. The van der Waals surface area contributed by atoms with E-state index in [9.17, 15) is 9.90 Å². The molecule has 0 bridgehead atoms. The number of rotatable bonds is 3. The number of phenols is 1. The molecule has 0 saturated heterocycles. The molecule has 1 aliphatic heterocycles. The van der Waals surface area contributed by atoms with E-state index < -0.39 is 0 Å². The highest BCUT2D eigenvalue weighted by Crippen LogP contribution is 2.38. The highest BCUT2D eigenvalue weighted by atomic mass is 35.5. The number of imidazole rings is 1. The molecule has 0 radical (unpaired) electrons. The molecule has 144 valence electrons. The zero-order valence-electron chi connectivity index (χ0n) is 15.4. The number of hydrogen-bond donors (Lipinski definition) is 1. The lowest BCUT2D eigenvalue weighted by Crippen LogP contribution is -2.37. The summed E-state index contributed by atoms with van der Waals surface area (Å²) in [5.41, 5.74) is 2.47. The van der Waals surface area contributed by atoms with Gasteiger partial charge in [-0.2, -0.15) is 0 Å². The number of amides is 1. The average molecular weight is 398 g/mol. The van der Waals surface area contributed by atoms with Gasteiger partial charge in [-0.25, -0.2) is 4.98 Å². The molecule has 6 nitrogen and oxygen atoms in total. The van der Waals surface area contributed by atoms with Crippen LogP contribution in [0.5, 0.6) is 11.5 Å². The van der Waals surface area contributed by atoms with Gasteiger partial charge < -0.3 is 19.3 Å². The van der Waals surface area contributed by atoms with Crippen molar-refractivity contribution in [1.82, 2.24) is 14.5 Å². The number of fused-ring (bicyclic) bond motifs is 1. The highest BCUT2D eigenvalue weighted by molar-refractivity contribution is 6.30. The summed E-state index contributed by atoms with van der Waals surface area (Å²) in [6, 6.07) is 10.7. The van der Waals surface area contributed by atoms with Gasteiger partial charge in [0.1, 0.15) is 12.6 Å². The minimum absolute atomic E-state index is 0.0258. The molecule has 1 N–H and O–H groups in total. The standard InChI is InChI=1S/C21H20ClN3O3/c1-14(25-6-5-23-13-25)21(27)24-7-8-28-20-17(12-24)9-16(11-19(20)26)15-3-2-4-18(22)10-15/h2-6,9-11,13-14,26H,7-8,12H2,1H3. The topological polar surface area (TPSA) is 67.6 Å². The predicted octanol–water partition coefficient (Wildman–Crippen LogP) is 3.89. The lowest BCUT2D eigenvalue weighted by Gasteiger charge is -2.24. The number of ether oxygens (including phenoxy) is 1. The molecule has 1 atom stereocenters. The Bertz CT molecular complexity index is 1000. The van der Waals surface area contributed by atoms with Crippen molar-refractivity contribution >= 4 is 17.5 Å². The van der Waals surface area contributed by atoms with Crippen molar-refractivity contribution in [1.29, 1.82) is 0 Å². The highest BCUT2D eigenvalue weighted by Gasteiger charge is 2.26. The van der Waals surface area contributed by atoms with E-state index in [0.29, 0.717) is 30.5 Å². The van der Waals surface area contributed by atoms with Crippen LogP contribution in [-0.4, -0.2) is 38.6 Å². The van der Waals surface area contributed by atoms with Crippen molar-refractivity contribution < 1.29 is 14.6 Å². The Kier molecular flexibility index (Phi) is 4.96. The number of carbonyl (C=O) groups is 1. The lowest BCUT2D eigenvalue weighted by atomic mass is 10.0. The van der Waals surface area contributed by atoms with Crippen LogP contribution in [0.25, 0.3) is 11.1 Å². The van der Waals surface area contributed by atoms with Crippen molar-refractivity contribution in [3.05, 3.63) is 65.7 Å². The first-order chi connectivity index (χ1) is 13.5. The van der Waals surface area contributed by atoms with Gasteiger partial charge in [-0.15, -0.1) is 0 Å². The summed E-state index contributed by atoms with van der Waals surface area (Å²) in [6.07, 6.45) is 5.06. The van der Waals surface area contributed by atoms with Crippen molar-refractivity contribution in [2.24, 2.45) is 0 Å². The second-order valence-electron chi connectivity index (χ2n) is 6.79. The molecular formula is C21H20ClN3O3. The number of aromatic nitrogens is 2. The number of aromatic hydroxyl groups is 1. The number of hydrogen-bond acceptors (Lipinski definition) is 4. The first-order valence-electron chi connectivity index (χ1n) is 9.04. The van der Waals surface area contributed by atoms with Gasteiger partial charge >= 0.3 is 0 Å². The van der Waals surface area contributed by atoms with Gasteiger partial charge in [0.05, 0.1) is 12.9 Å². The van der Waals surface area contributed by atoms with Crippen LogP contribution in [0.4, 0.5) is 0 Å². The smallest absolute Gasteiger partial charge is 0.245 e. The van der Waals surface area contributed by atoms with Crippen molar-refractivity contribution in [3.63, 3.8) is 0 Å². The van der Waals surface area contributed by atoms with Crippen molar-refractivity contribution in [2.45, 2.75) is 19.5 Å². The summed E-state index contributed by atoms with van der Waals surface area (Å²) in [7, 11) is 0. The van der Waals surface area contributed by atoms with Crippen molar-refractivity contribution in [3.8, 4) is 22.6 Å². The fourth-order valence-electron chi connectivity index (χ4n) is 3.41. The maximum atomic E-state index is 13.0. The molecule has 1 amide bonds. The second kappa shape index (κ2) is 7.56. The van der Waals surface area contributed by atoms with Gasteiger partial charge in [0, 0.05) is 29.5 Å². The van der Waals surface area contributed by atoms with E-state index >= 15 is 0 Å². The van der Waals surface area contributed by atoms with Crippen LogP contribution < -0.4 is 4.74 Å². The van der Waals surface area contributed by atoms with Gasteiger partial charge in [-0.3, -0.25) is 4.79 Å². The van der Waals surface area contributed by atoms with Gasteiger partial charge in [-0.05, 0) is 42.3 Å². The normalized spacial score (nSPS) is 14.7. The van der Waals surface area contributed by atoms with Crippen LogP contribution in [0.2, 0.25) is 5.02 Å². The molecule has 4 rings (SSSR count). The molecule has 0 saturated carbocycles. The molecular weight excluding hydrogens is 378 g/mol. The molecule has 0 fully saturated rings. The number of halogens is 1. The summed E-state index contributed by atoms with van der Waals surface area (Å²) in [6.45, 7) is 2.96. The fraction of sp³-hybridized carbons (Fsp3) is 0.238. The Morgan fingerprint density at radius 1 is 1.29 bits per heavy atom. The predicted molar refractivity (Wildman–Crippen MR) is 106 cm³/mol. The second-order valence-corrected chi connectivity index (χ2v) is 7.22. The number of nitrogens with zero attached hydrogens (tertiary/aromatic N) is 3. The zero-order chi connectivity index (χ0) is 19.7. The number of benzene rings is 2. The van der Waals surface area contributed by atoms with Crippen LogP contribution in [0.1, 0.15) is 18.5 Å². The largest absolute Gasteiger partial charge is 0.504 e. The molecule has 28 heavy (non-hydrogen) atoms. The third kappa shape index (κ3) is 3.55. The molecule has 0 aliphatic carbocycles. The van der Waals surface area contributed by atoms with E-state index in [1.54, 1.807) is 40.3 Å². The molecule has 0 spiro atoms. The molecule has 1 aliphatic rings. The van der Waals surface area contributed by atoms with E-state index in [1.807, 2.05) is 31.2 Å². The molecule has 7 heteroatoms. The van der Waals surface area contributed by atoms with E-state index in [1.165, 1.54) is 0 Å². The summed E-state index contributed by atoms with van der Waals surface area (Å²) >= 11 is 6.10. The number of phenolic OH excluding ortho intramolecular Hbond substituents is 1. The Hall–Kier alpha value is -2.99. The van der Waals surface area contributed by atoms with E-state index in [-0.39, 0.29) is 17.7 Å². The minimum atomic E-state index is -0.367. The van der Waals surface area contributed by atoms with Crippen LogP contribution in [0.15, 0.2) is 55.1 Å². The molecule has 3 aromatic rings. The van der Waals surface area contributed by atoms with Crippen LogP contribution >= 0.6 is 11.6 Å². The summed E-state index contributed by atoms with van der Waals surface area (Å²) in [5.74, 6) is 0.461. The summed E-state index contributed by atoms with van der Waals surface area (Å²) in [4.78, 5) is 18.7. The first kappa shape index (κ1) is 18.4.